The summed E-state index contributed by atoms with van der Waals surface area (Å²) in [5.74, 6) is 1.53. The van der Waals surface area contributed by atoms with E-state index in [2.05, 4.69) is 19.2 Å². The van der Waals surface area contributed by atoms with Crippen molar-refractivity contribution in [1.82, 2.24) is 5.32 Å². The van der Waals surface area contributed by atoms with Crippen LogP contribution in [-0.4, -0.2) is 18.5 Å². The quantitative estimate of drug-likeness (QED) is 0.656. The van der Waals surface area contributed by atoms with Crippen LogP contribution in [0.15, 0.2) is 0 Å². The lowest BCUT2D eigenvalue weighted by Gasteiger charge is -2.26. The first-order valence-corrected chi connectivity index (χ1v) is 5.48. The second kappa shape index (κ2) is 5.08. The van der Waals surface area contributed by atoms with Crippen molar-refractivity contribution in [3.63, 3.8) is 0 Å². The summed E-state index contributed by atoms with van der Waals surface area (Å²) in [5, 5.41) is 3.73. The first kappa shape index (κ1) is 10.3. The van der Waals surface area contributed by atoms with Crippen LogP contribution in [0.4, 0.5) is 0 Å². The molecule has 12 heavy (non-hydrogen) atoms. The van der Waals surface area contributed by atoms with Crippen molar-refractivity contribution in [2.75, 3.05) is 13.1 Å². The number of hydrogen-bond donors (Lipinski definition) is 1. The maximum absolute atomic E-state index is 6.10. The third-order valence-electron chi connectivity index (χ3n) is 2.72. The summed E-state index contributed by atoms with van der Waals surface area (Å²) in [6, 6.07) is 0. The topological polar surface area (TPSA) is 12.0 Å². The molecule has 1 N–H and O–H groups in total. The van der Waals surface area contributed by atoms with Gasteiger partial charge in [0.1, 0.15) is 0 Å². The van der Waals surface area contributed by atoms with Crippen LogP contribution in [0.3, 0.4) is 0 Å². The fourth-order valence-electron chi connectivity index (χ4n) is 1.36. The Morgan fingerprint density at radius 1 is 1.42 bits per heavy atom. The van der Waals surface area contributed by atoms with Crippen molar-refractivity contribution in [2.24, 2.45) is 11.8 Å². The SMILES string of the molecule is CC(C)C(Cl)CNCC1CCC1. The first-order chi connectivity index (χ1) is 5.70. The van der Waals surface area contributed by atoms with Gasteiger partial charge >= 0.3 is 0 Å². The highest BCUT2D eigenvalue weighted by Gasteiger charge is 2.17. The average molecular weight is 190 g/mol. The normalized spacial score (nSPS) is 21.0. The summed E-state index contributed by atoms with van der Waals surface area (Å²) >= 11 is 6.10. The second-order valence-electron chi connectivity index (χ2n) is 4.22. The number of nitrogens with one attached hydrogen (secondary N) is 1. The van der Waals surface area contributed by atoms with Crippen LogP contribution in [0.2, 0.25) is 0 Å². The lowest BCUT2D eigenvalue weighted by molar-refractivity contribution is 0.300. The highest BCUT2D eigenvalue weighted by Crippen LogP contribution is 2.25. The minimum atomic E-state index is 0.296. The molecule has 72 valence electrons. The molecule has 1 atom stereocenters. The first-order valence-electron chi connectivity index (χ1n) is 5.05. The van der Waals surface area contributed by atoms with Crippen LogP contribution in [0.1, 0.15) is 33.1 Å². The molecule has 1 rings (SSSR count). The van der Waals surface area contributed by atoms with Gasteiger partial charge in [-0.25, -0.2) is 0 Å². The average Bonchev–Trinajstić information content (AvgIpc) is 1.93. The minimum absolute atomic E-state index is 0.296. The summed E-state index contributed by atoms with van der Waals surface area (Å²) in [7, 11) is 0. The van der Waals surface area contributed by atoms with E-state index in [0.29, 0.717) is 11.3 Å². The molecule has 0 radical (unpaired) electrons. The van der Waals surface area contributed by atoms with E-state index in [1.807, 2.05) is 0 Å². The Labute approximate surface area is 80.9 Å². The van der Waals surface area contributed by atoms with Crippen LogP contribution in [-0.2, 0) is 0 Å². The molecular weight excluding hydrogens is 170 g/mol. The molecule has 0 bridgehead atoms. The third kappa shape index (κ3) is 3.32. The molecule has 1 fully saturated rings. The zero-order chi connectivity index (χ0) is 8.97. The summed E-state index contributed by atoms with van der Waals surface area (Å²) in [4.78, 5) is 0. The fourth-order valence-corrected chi connectivity index (χ4v) is 1.47. The van der Waals surface area contributed by atoms with Crippen LogP contribution in [0.25, 0.3) is 0 Å². The zero-order valence-electron chi connectivity index (χ0n) is 8.15. The van der Waals surface area contributed by atoms with Gasteiger partial charge in [0.25, 0.3) is 0 Å². The molecule has 0 heterocycles. The summed E-state index contributed by atoms with van der Waals surface area (Å²) in [5.41, 5.74) is 0. The maximum atomic E-state index is 6.10. The molecule has 1 nitrogen and oxygen atoms in total. The van der Waals surface area contributed by atoms with Crippen molar-refractivity contribution in [1.29, 1.82) is 0 Å². The highest BCUT2D eigenvalue weighted by atomic mass is 35.5. The minimum Gasteiger partial charge on any atom is -0.315 e. The van der Waals surface area contributed by atoms with Gasteiger partial charge in [-0.1, -0.05) is 20.3 Å². The summed E-state index contributed by atoms with van der Waals surface area (Å²) in [6.45, 7) is 6.48. The molecule has 1 aliphatic carbocycles. The molecule has 0 aromatic heterocycles. The van der Waals surface area contributed by atoms with Gasteiger partial charge in [0.05, 0.1) is 0 Å². The molecule has 1 unspecified atom stereocenters. The predicted molar refractivity (Wildman–Crippen MR) is 54.7 cm³/mol. The van der Waals surface area contributed by atoms with Crippen molar-refractivity contribution in [3.8, 4) is 0 Å². The molecule has 0 aromatic rings. The number of hydrogen-bond acceptors (Lipinski definition) is 1. The van der Waals surface area contributed by atoms with E-state index in [-0.39, 0.29) is 0 Å². The van der Waals surface area contributed by atoms with E-state index in [1.165, 1.54) is 25.8 Å². The molecule has 0 aromatic carbocycles. The molecule has 0 aliphatic heterocycles. The molecule has 0 spiro atoms. The lowest BCUT2D eigenvalue weighted by atomic mass is 9.85. The van der Waals surface area contributed by atoms with Gasteiger partial charge in [0, 0.05) is 11.9 Å². The van der Waals surface area contributed by atoms with Gasteiger partial charge in [-0.2, -0.15) is 0 Å². The Bertz CT molecular complexity index is 121. The van der Waals surface area contributed by atoms with Gasteiger partial charge in [-0.3, -0.25) is 0 Å². The van der Waals surface area contributed by atoms with E-state index in [0.717, 1.165) is 12.5 Å². The Morgan fingerprint density at radius 2 is 2.08 bits per heavy atom. The Morgan fingerprint density at radius 3 is 2.50 bits per heavy atom. The van der Waals surface area contributed by atoms with Crippen LogP contribution in [0.5, 0.6) is 0 Å². The Balaban J connectivity index is 1.93. The Hall–Kier alpha value is 0.250. The van der Waals surface area contributed by atoms with Gasteiger partial charge in [0.2, 0.25) is 0 Å². The Kier molecular flexibility index (Phi) is 4.38. The second-order valence-corrected chi connectivity index (χ2v) is 4.78. The fraction of sp³-hybridized carbons (Fsp3) is 1.00. The zero-order valence-corrected chi connectivity index (χ0v) is 8.90. The molecular formula is C10H20ClN. The van der Waals surface area contributed by atoms with Crippen molar-refractivity contribution in [3.05, 3.63) is 0 Å². The largest absolute Gasteiger partial charge is 0.315 e. The van der Waals surface area contributed by atoms with Crippen LogP contribution in [0, 0.1) is 11.8 Å². The molecule has 0 saturated heterocycles. The van der Waals surface area contributed by atoms with E-state index in [1.54, 1.807) is 0 Å². The van der Waals surface area contributed by atoms with E-state index in [9.17, 15) is 0 Å². The smallest absolute Gasteiger partial charge is 0.0483 e. The van der Waals surface area contributed by atoms with Gasteiger partial charge in [-0.05, 0) is 31.2 Å². The van der Waals surface area contributed by atoms with Gasteiger partial charge < -0.3 is 5.32 Å². The van der Waals surface area contributed by atoms with Crippen LogP contribution >= 0.6 is 11.6 Å². The third-order valence-corrected chi connectivity index (χ3v) is 3.38. The lowest BCUT2D eigenvalue weighted by Crippen LogP contribution is -2.33. The van der Waals surface area contributed by atoms with Crippen molar-refractivity contribution < 1.29 is 0 Å². The predicted octanol–water partition coefficient (Wildman–Crippen LogP) is 2.64. The summed E-state index contributed by atoms with van der Waals surface area (Å²) < 4.78 is 0. The van der Waals surface area contributed by atoms with E-state index in [4.69, 9.17) is 11.6 Å². The van der Waals surface area contributed by atoms with Crippen molar-refractivity contribution in [2.45, 2.75) is 38.5 Å². The van der Waals surface area contributed by atoms with Crippen LogP contribution < -0.4 is 5.32 Å². The van der Waals surface area contributed by atoms with E-state index >= 15 is 0 Å². The molecule has 0 amide bonds. The van der Waals surface area contributed by atoms with Gasteiger partial charge in [-0.15, -0.1) is 11.6 Å². The number of rotatable bonds is 5. The van der Waals surface area contributed by atoms with E-state index < -0.39 is 0 Å². The molecule has 1 saturated carbocycles. The molecule has 2 heteroatoms. The number of halogens is 1. The number of alkyl halides is 1. The summed E-state index contributed by atoms with van der Waals surface area (Å²) in [6.07, 6.45) is 4.27. The monoisotopic (exact) mass is 189 g/mol. The van der Waals surface area contributed by atoms with Crippen molar-refractivity contribution >= 4 is 11.6 Å². The standard InChI is InChI=1S/C10H20ClN/c1-8(2)10(11)7-12-6-9-4-3-5-9/h8-10,12H,3-7H2,1-2H3. The van der Waals surface area contributed by atoms with Gasteiger partial charge in [0.15, 0.2) is 0 Å². The highest BCUT2D eigenvalue weighted by molar-refractivity contribution is 6.20. The maximum Gasteiger partial charge on any atom is 0.0483 e. The molecule has 1 aliphatic rings.